The molecule has 0 aliphatic carbocycles. The zero-order valence-electron chi connectivity index (χ0n) is 10.5. The van der Waals surface area contributed by atoms with Crippen LogP contribution in [0.5, 0.6) is 0 Å². The number of hydrogen-bond acceptors (Lipinski definition) is 4. The Balaban J connectivity index is 2.16. The summed E-state index contributed by atoms with van der Waals surface area (Å²) in [7, 11) is 0. The summed E-state index contributed by atoms with van der Waals surface area (Å²) >= 11 is 0.925. The zero-order chi connectivity index (χ0) is 15.6. The number of H-pyrrole nitrogens is 1. The molecule has 0 aliphatic rings. The number of anilines is 1. The number of carbonyl (C=O) groups excluding carboxylic acids is 1. The molecule has 0 spiro atoms. The molecule has 0 saturated heterocycles. The quantitative estimate of drug-likeness (QED) is 0.756. The number of hydrogen-bond donors (Lipinski definition) is 3. The van der Waals surface area contributed by atoms with Crippen LogP contribution in [0.4, 0.5) is 18.9 Å². The molecular formula is C12H10F3N3O2S. The minimum atomic E-state index is -4.55. The molecule has 1 aromatic carbocycles. The molecule has 0 bridgehead atoms. The standard InChI is InChI=1S/C12H10F3N3O2S/c13-12(14,15)6-1-2-9(16)8(3-6)10(19)17-4-7-5-21-11(20)18-7/h1-3,5H,4,16H2,(H,17,19)(H,18,20). The first kappa shape index (κ1) is 15.1. The van der Waals surface area contributed by atoms with Gasteiger partial charge >= 0.3 is 11.0 Å². The van der Waals surface area contributed by atoms with Crippen LogP contribution in [0, 0.1) is 0 Å². The average molecular weight is 317 g/mol. The number of nitrogens with one attached hydrogen (secondary N) is 2. The van der Waals surface area contributed by atoms with Gasteiger partial charge in [0.05, 0.1) is 17.7 Å². The second kappa shape index (κ2) is 5.60. The third-order valence-corrected chi connectivity index (χ3v) is 3.35. The van der Waals surface area contributed by atoms with Gasteiger partial charge in [0.1, 0.15) is 0 Å². The second-order valence-corrected chi connectivity index (χ2v) is 5.00. The van der Waals surface area contributed by atoms with E-state index in [1.54, 1.807) is 0 Å². The number of aromatic amines is 1. The smallest absolute Gasteiger partial charge is 0.398 e. The van der Waals surface area contributed by atoms with E-state index in [9.17, 15) is 22.8 Å². The number of nitrogen functional groups attached to an aromatic ring is 1. The zero-order valence-corrected chi connectivity index (χ0v) is 11.3. The minimum absolute atomic E-state index is 0.00669. The predicted octanol–water partition coefficient (Wildman–Crippen LogP) is 1.97. The van der Waals surface area contributed by atoms with E-state index in [2.05, 4.69) is 10.3 Å². The van der Waals surface area contributed by atoms with E-state index in [1.165, 1.54) is 5.38 Å². The van der Waals surface area contributed by atoms with Gasteiger partial charge in [-0.2, -0.15) is 13.2 Å². The van der Waals surface area contributed by atoms with E-state index in [1.807, 2.05) is 0 Å². The molecule has 1 heterocycles. The number of benzene rings is 1. The first-order chi connectivity index (χ1) is 9.77. The van der Waals surface area contributed by atoms with Gasteiger partial charge in [0.15, 0.2) is 0 Å². The highest BCUT2D eigenvalue weighted by atomic mass is 32.1. The fourth-order valence-electron chi connectivity index (χ4n) is 1.60. The van der Waals surface area contributed by atoms with Crippen molar-refractivity contribution in [3.05, 3.63) is 50.1 Å². The van der Waals surface area contributed by atoms with Crippen molar-refractivity contribution in [3.63, 3.8) is 0 Å². The van der Waals surface area contributed by atoms with Crippen molar-refractivity contribution in [3.8, 4) is 0 Å². The summed E-state index contributed by atoms with van der Waals surface area (Å²) in [6.45, 7) is -0.00669. The Labute approximate surface area is 120 Å². The van der Waals surface area contributed by atoms with Crippen molar-refractivity contribution in [1.82, 2.24) is 10.3 Å². The molecule has 2 rings (SSSR count). The molecular weight excluding hydrogens is 307 g/mol. The number of rotatable bonds is 3. The Hall–Kier alpha value is -2.29. The van der Waals surface area contributed by atoms with Crippen molar-refractivity contribution < 1.29 is 18.0 Å². The van der Waals surface area contributed by atoms with E-state index in [4.69, 9.17) is 5.73 Å². The third-order valence-electron chi connectivity index (χ3n) is 2.64. The molecule has 0 radical (unpaired) electrons. The van der Waals surface area contributed by atoms with E-state index in [-0.39, 0.29) is 22.7 Å². The first-order valence-electron chi connectivity index (χ1n) is 5.69. The number of nitrogens with two attached hydrogens (primary N) is 1. The van der Waals surface area contributed by atoms with E-state index in [0.29, 0.717) is 11.8 Å². The SMILES string of the molecule is Nc1ccc(C(F)(F)F)cc1C(=O)NCc1csc(=O)[nH]1. The molecule has 5 nitrogen and oxygen atoms in total. The van der Waals surface area contributed by atoms with E-state index in [0.717, 1.165) is 23.5 Å². The molecule has 0 unspecified atom stereocenters. The average Bonchev–Trinajstić information content (AvgIpc) is 2.81. The lowest BCUT2D eigenvalue weighted by Gasteiger charge is -2.11. The van der Waals surface area contributed by atoms with Crippen LogP contribution in [0.2, 0.25) is 0 Å². The van der Waals surface area contributed by atoms with Gasteiger partial charge in [-0.3, -0.25) is 9.59 Å². The van der Waals surface area contributed by atoms with Crippen LogP contribution < -0.4 is 15.9 Å². The number of alkyl halides is 3. The summed E-state index contributed by atoms with van der Waals surface area (Å²) in [6.07, 6.45) is -4.55. The summed E-state index contributed by atoms with van der Waals surface area (Å²) in [6, 6.07) is 2.54. The van der Waals surface area contributed by atoms with E-state index < -0.39 is 17.6 Å². The van der Waals surface area contributed by atoms with Gasteiger partial charge < -0.3 is 16.0 Å². The highest BCUT2D eigenvalue weighted by molar-refractivity contribution is 7.07. The molecule has 0 aliphatic heterocycles. The van der Waals surface area contributed by atoms with Crippen molar-refractivity contribution in [2.24, 2.45) is 0 Å². The minimum Gasteiger partial charge on any atom is -0.398 e. The maximum absolute atomic E-state index is 12.6. The first-order valence-corrected chi connectivity index (χ1v) is 6.57. The summed E-state index contributed by atoms with van der Waals surface area (Å²) in [5.41, 5.74) is 4.71. The van der Waals surface area contributed by atoms with Gasteiger partial charge in [0, 0.05) is 16.8 Å². The molecule has 1 amide bonds. The molecule has 0 atom stereocenters. The molecule has 112 valence electrons. The van der Waals surface area contributed by atoms with Crippen LogP contribution in [0.3, 0.4) is 0 Å². The summed E-state index contributed by atoms with van der Waals surface area (Å²) in [5.74, 6) is -0.745. The highest BCUT2D eigenvalue weighted by Gasteiger charge is 2.31. The van der Waals surface area contributed by atoms with Crippen molar-refractivity contribution >= 4 is 22.9 Å². The Kier molecular flexibility index (Phi) is 4.03. The lowest BCUT2D eigenvalue weighted by Crippen LogP contribution is -2.24. The molecule has 0 saturated carbocycles. The van der Waals surface area contributed by atoms with Crippen LogP contribution >= 0.6 is 11.3 Å². The number of halogens is 3. The molecule has 21 heavy (non-hydrogen) atoms. The Morgan fingerprint density at radius 1 is 1.38 bits per heavy atom. The van der Waals surface area contributed by atoms with Crippen molar-refractivity contribution in [1.29, 1.82) is 0 Å². The fraction of sp³-hybridized carbons (Fsp3) is 0.167. The van der Waals surface area contributed by atoms with Crippen LogP contribution in [-0.4, -0.2) is 10.9 Å². The van der Waals surface area contributed by atoms with E-state index >= 15 is 0 Å². The van der Waals surface area contributed by atoms with Gasteiger partial charge in [0.2, 0.25) is 0 Å². The normalized spacial score (nSPS) is 11.4. The highest BCUT2D eigenvalue weighted by Crippen LogP contribution is 2.31. The predicted molar refractivity (Wildman–Crippen MR) is 72.0 cm³/mol. The van der Waals surface area contributed by atoms with Crippen LogP contribution in [-0.2, 0) is 12.7 Å². The van der Waals surface area contributed by atoms with Gasteiger partial charge in [-0.25, -0.2) is 0 Å². The van der Waals surface area contributed by atoms with Crippen LogP contribution in [0.25, 0.3) is 0 Å². The van der Waals surface area contributed by atoms with Gasteiger partial charge in [-0.05, 0) is 18.2 Å². The third kappa shape index (κ3) is 3.63. The maximum atomic E-state index is 12.6. The summed E-state index contributed by atoms with van der Waals surface area (Å²) < 4.78 is 37.8. The molecule has 2 aromatic rings. The summed E-state index contributed by atoms with van der Waals surface area (Å²) in [4.78, 5) is 25.0. The monoisotopic (exact) mass is 317 g/mol. The molecule has 4 N–H and O–H groups in total. The Morgan fingerprint density at radius 2 is 2.10 bits per heavy atom. The van der Waals surface area contributed by atoms with Crippen molar-refractivity contribution in [2.75, 3.05) is 5.73 Å². The van der Waals surface area contributed by atoms with Crippen LogP contribution in [0.1, 0.15) is 21.6 Å². The van der Waals surface area contributed by atoms with Gasteiger partial charge in [-0.1, -0.05) is 11.3 Å². The van der Waals surface area contributed by atoms with Gasteiger partial charge in [0.25, 0.3) is 5.91 Å². The van der Waals surface area contributed by atoms with Crippen LogP contribution in [0.15, 0.2) is 28.4 Å². The summed E-state index contributed by atoms with van der Waals surface area (Å²) in [5, 5.41) is 3.91. The number of aromatic nitrogens is 1. The molecule has 1 aromatic heterocycles. The fourth-order valence-corrected chi connectivity index (χ4v) is 2.18. The maximum Gasteiger partial charge on any atom is 0.416 e. The lowest BCUT2D eigenvalue weighted by molar-refractivity contribution is -0.137. The second-order valence-electron chi connectivity index (χ2n) is 4.16. The number of carbonyl (C=O) groups is 1. The lowest BCUT2D eigenvalue weighted by atomic mass is 10.1. The number of thiazole rings is 1. The molecule has 0 fully saturated rings. The van der Waals surface area contributed by atoms with Gasteiger partial charge in [-0.15, -0.1) is 0 Å². The number of amides is 1. The topological polar surface area (TPSA) is 88.0 Å². The molecule has 9 heteroatoms. The van der Waals surface area contributed by atoms with Crippen molar-refractivity contribution in [2.45, 2.75) is 12.7 Å². The Bertz CT molecular complexity index is 721. The Morgan fingerprint density at radius 3 is 2.67 bits per heavy atom. The largest absolute Gasteiger partial charge is 0.416 e.